The first-order chi connectivity index (χ1) is 25.1. The van der Waals surface area contributed by atoms with Crippen molar-refractivity contribution in [3.63, 3.8) is 0 Å². The molecular weight excluding hydrogens is 651 g/mol. The molecule has 0 radical (unpaired) electrons. The molecule has 280 valence electrons. The average molecular weight is 710 g/mol. The summed E-state index contributed by atoms with van der Waals surface area (Å²) in [5.74, 6) is 0.466. The SMILES string of the molecule is C=CCOC(=O)NCCC(NC(=O)C(NC)C(C)CC)C(=O)c1ccccc1C(O)(c1ccccc1)c1ccc(C2CCCCCCC(C)C2)cc1. The lowest BCUT2D eigenvalue weighted by atomic mass is 9.76. The molecule has 6 unspecified atom stereocenters. The Morgan fingerprint density at radius 2 is 1.60 bits per heavy atom. The molecule has 6 atom stereocenters. The van der Waals surface area contributed by atoms with E-state index in [0.717, 1.165) is 19.3 Å². The van der Waals surface area contributed by atoms with Crippen LogP contribution in [0.3, 0.4) is 0 Å². The zero-order valence-electron chi connectivity index (χ0n) is 31.5. The van der Waals surface area contributed by atoms with Crippen LogP contribution in [0.5, 0.6) is 0 Å². The number of alkyl carbamates (subject to hydrolysis) is 1. The molecule has 0 saturated heterocycles. The lowest BCUT2D eigenvalue weighted by molar-refractivity contribution is -0.124. The normalized spacial score (nSPS) is 19.3. The van der Waals surface area contributed by atoms with E-state index in [1.54, 1.807) is 25.2 Å². The number of hydrogen-bond donors (Lipinski definition) is 4. The van der Waals surface area contributed by atoms with Gasteiger partial charge in [0.15, 0.2) is 5.78 Å². The summed E-state index contributed by atoms with van der Waals surface area (Å²) in [6.07, 6.45) is 10.4. The van der Waals surface area contributed by atoms with Gasteiger partial charge in [0, 0.05) is 17.7 Å². The summed E-state index contributed by atoms with van der Waals surface area (Å²) in [7, 11) is 1.73. The second kappa shape index (κ2) is 20.1. The van der Waals surface area contributed by atoms with E-state index in [1.165, 1.54) is 43.7 Å². The molecule has 4 rings (SSSR count). The van der Waals surface area contributed by atoms with E-state index in [4.69, 9.17) is 4.74 Å². The molecule has 3 aromatic rings. The first-order valence-corrected chi connectivity index (χ1v) is 19.1. The van der Waals surface area contributed by atoms with Crippen molar-refractivity contribution < 1.29 is 24.2 Å². The molecule has 1 aliphatic carbocycles. The van der Waals surface area contributed by atoms with Gasteiger partial charge in [-0.2, -0.15) is 0 Å². The van der Waals surface area contributed by atoms with Crippen LogP contribution in [-0.4, -0.2) is 55.2 Å². The summed E-state index contributed by atoms with van der Waals surface area (Å²) in [6.45, 7) is 10.0. The number of ketones is 1. The Balaban J connectivity index is 1.74. The molecule has 1 fully saturated rings. The van der Waals surface area contributed by atoms with E-state index in [0.29, 0.717) is 28.5 Å². The van der Waals surface area contributed by atoms with Gasteiger partial charge < -0.3 is 25.8 Å². The van der Waals surface area contributed by atoms with Crippen molar-refractivity contribution in [3.05, 3.63) is 119 Å². The average Bonchev–Trinajstić information content (AvgIpc) is 3.28. The molecule has 1 aliphatic rings. The number of ether oxygens (including phenoxy) is 1. The highest BCUT2D eigenvalue weighted by Crippen LogP contribution is 2.40. The van der Waals surface area contributed by atoms with E-state index in [1.807, 2.05) is 62.4 Å². The molecule has 0 bridgehead atoms. The zero-order valence-corrected chi connectivity index (χ0v) is 31.5. The van der Waals surface area contributed by atoms with Gasteiger partial charge in [0.25, 0.3) is 0 Å². The summed E-state index contributed by atoms with van der Waals surface area (Å²) in [6, 6.07) is 23.3. The van der Waals surface area contributed by atoms with Crippen LogP contribution in [-0.2, 0) is 15.1 Å². The maximum absolute atomic E-state index is 14.7. The third-order valence-electron chi connectivity index (χ3n) is 10.7. The zero-order chi connectivity index (χ0) is 37.5. The molecule has 52 heavy (non-hydrogen) atoms. The van der Waals surface area contributed by atoms with Crippen molar-refractivity contribution >= 4 is 17.8 Å². The number of nitrogens with one attached hydrogen (secondary N) is 3. The number of amides is 2. The summed E-state index contributed by atoms with van der Waals surface area (Å²) >= 11 is 0. The van der Waals surface area contributed by atoms with Gasteiger partial charge in [0.2, 0.25) is 5.91 Å². The Morgan fingerprint density at radius 3 is 2.27 bits per heavy atom. The Labute approximate surface area is 310 Å². The van der Waals surface area contributed by atoms with Crippen LogP contribution in [0.4, 0.5) is 4.79 Å². The van der Waals surface area contributed by atoms with E-state index in [9.17, 15) is 19.5 Å². The highest BCUT2D eigenvalue weighted by molar-refractivity contribution is 6.04. The molecule has 8 heteroatoms. The number of carbonyl (C=O) groups excluding carboxylic acids is 3. The van der Waals surface area contributed by atoms with Crippen LogP contribution in [0.2, 0.25) is 0 Å². The summed E-state index contributed by atoms with van der Waals surface area (Å²) in [5, 5.41) is 21.7. The second-order valence-corrected chi connectivity index (χ2v) is 14.5. The fourth-order valence-corrected chi connectivity index (χ4v) is 7.56. The predicted molar refractivity (Wildman–Crippen MR) is 208 cm³/mol. The smallest absolute Gasteiger partial charge is 0.407 e. The molecule has 0 spiro atoms. The highest BCUT2D eigenvalue weighted by atomic mass is 16.5. The summed E-state index contributed by atoms with van der Waals surface area (Å²) < 4.78 is 5.05. The molecule has 2 amide bonds. The lowest BCUT2D eigenvalue weighted by Crippen LogP contribution is -2.52. The van der Waals surface area contributed by atoms with Gasteiger partial charge in [0.1, 0.15) is 12.2 Å². The van der Waals surface area contributed by atoms with E-state index >= 15 is 0 Å². The number of likely N-dealkylation sites (N-methyl/N-ethyl adjacent to an activating group) is 1. The third-order valence-corrected chi connectivity index (χ3v) is 10.7. The highest BCUT2D eigenvalue weighted by Gasteiger charge is 2.39. The molecule has 0 aliphatic heterocycles. The first-order valence-electron chi connectivity index (χ1n) is 19.1. The number of benzene rings is 3. The quantitative estimate of drug-likeness (QED) is 0.0680. The van der Waals surface area contributed by atoms with Crippen LogP contribution in [0, 0.1) is 11.8 Å². The van der Waals surface area contributed by atoms with Crippen molar-refractivity contribution in [2.24, 2.45) is 11.8 Å². The molecular formula is C44H59N3O5. The number of carbonyl (C=O) groups is 3. The minimum Gasteiger partial charge on any atom is -0.445 e. The van der Waals surface area contributed by atoms with Gasteiger partial charge >= 0.3 is 6.09 Å². The van der Waals surface area contributed by atoms with Crippen LogP contribution in [0.25, 0.3) is 0 Å². The Hall–Kier alpha value is -4.27. The van der Waals surface area contributed by atoms with Gasteiger partial charge in [-0.15, -0.1) is 0 Å². The minimum atomic E-state index is -1.68. The first kappa shape index (κ1) is 40.5. The monoisotopic (exact) mass is 709 g/mol. The number of aliphatic hydroxyl groups is 1. The second-order valence-electron chi connectivity index (χ2n) is 14.5. The number of hydrogen-bond acceptors (Lipinski definition) is 6. The van der Waals surface area contributed by atoms with E-state index in [2.05, 4.69) is 41.6 Å². The maximum atomic E-state index is 14.7. The van der Waals surface area contributed by atoms with Crippen molar-refractivity contribution in [2.45, 2.75) is 102 Å². The van der Waals surface area contributed by atoms with Crippen molar-refractivity contribution in [1.29, 1.82) is 0 Å². The lowest BCUT2D eigenvalue weighted by Gasteiger charge is -2.33. The van der Waals surface area contributed by atoms with Gasteiger partial charge in [-0.1, -0.05) is 151 Å². The molecule has 0 heterocycles. The van der Waals surface area contributed by atoms with E-state index in [-0.39, 0.29) is 42.7 Å². The molecule has 0 aromatic heterocycles. The van der Waals surface area contributed by atoms with Crippen LogP contribution in [0.1, 0.15) is 117 Å². The third kappa shape index (κ3) is 10.4. The maximum Gasteiger partial charge on any atom is 0.407 e. The fourth-order valence-electron chi connectivity index (χ4n) is 7.56. The fraction of sp³-hybridized carbons (Fsp3) is 0.477. The van der Waals surface area contributed by atoms with Crippen molar-refractivity contribution in [1.82, 2.24) is 16.0 Å². The molecule has 3 aromatic carbocycles. The topological polar surface area (TPSA) is 117 Å². The van der Waals surface area contributed by atoms with Crippen molar-refractivity contribution in [2.75, 3.05) is 20.2 Å². The standard InChI is InChI=1S/C44H59N3O5/c1-6-29-52-43(50)46-28-27-39(47-42(49)40(45-5)32(4)7-2)41(48)37-21-15-16-22-38(37)44(51,35-19-13-10-14-20-35)36-25-23-33(24-26-36)34-18-12-9-8-11-17-31(3)30-34/h6,10,13-16,19-26,31-32,34,39-40,45,51H,1,7-9,11-12,17-18,27-30H2,2-5H3,(H,46,50)(H,47,49). The van der Waals surface area contributed by atoms with Crippen LogP contribution >= 0.6 is 0 Å². The number of rotatable bonds is 16. The van der Waals surface area contributed by atoms with Gasteiger partial charge in [-0.05, 0) is 60.8 Å². The van der Waals surface area contributed by atoms with Crippen molar-refractivity contribution in [3.8, 4) is 0 Å². The summed E-state index contributed by atoms with van der Waals surface area (Å²) in [4.78, 5) is 40.5. The Morgan fingerprint density at radius 1 is 0.942 bits per heavy atom. The Kier molecular flexibility index (Phi) is 15.7. The summed E-state index contributed by atoms with van der Waals surface area (Å²) in [5.41, 5.74) is 1.58. The van der Waals surface area contributed by atoms with Gasteiger partial charge in [0.05, 0.1) is 12.1 Å². The molecule has 8 nitrogen and oxygen atoms in total. The predicted octanol–water partition coefficient (Wildman–Crippen LogP) is 8.04. The van der Waals surface area contributed by atoms with E-state index < -0.39 is 23.8 Å². The van der Waals surface area contributed by atoms with Crippen LogP contribution in [0.15, 0.2) is 91.5 Å². The number of Topliss-reactive ketones (excluding diaryl/α,β-unsaturated/α-hetero) is 1. The van der Waals surface area contributed by atoms with Crippen LogP contribution < -0.4 is 16.0 Å². The molecule has 4 N–H and O–H groups in total. The Bertz CT molecular complexity index is 1590. The largest absolute Gasteiger partial charge is 0.445 e. The molecule has 1 saturated carbocycles. The van der Waals surface area contributed by atoms with Gasteiger partial charge in [-0.3, -0.25) is 9.59 Å². The van der Waals surface area contributed by atoms with Gasteiger partial charge in [-0.25, -0.2) is 4.79 Å². The minimum absolute atomic E-state index is 0.0151.